The van der Waals surface area contributed by atoms with E-state index in [9.17, 15) is 9.90 Å². The van der Waals surface area contributed by atoms with E-state index in [1.54, 1.807) is 13.3 Å². The van der Waals surface area contributed by atoms with Crippen molar-refractivity contribution >= 4 is 5.97 Å². The Bertz CT molecular complexity index is 1140. The molecule has 2 aromatic carbocycles. The second kappa shape index (κ2) is 11.2. The van der Waals surface area contributed by atoms with Gasteiger partial charge in [0.2, 0.25) is 12.5 Å². The van der Waals surface area contributed by atoms with Crippen LogP contribution in [0.3, 0.4) is 0 Å². The molecular weight excluding hydrogens is 448 g/mol. The molecule has 35 heavy (non-hydrogen) atoms. The van der Waals surface area contributed by atoms with Gasteiger partial charge in [-0.2, -0.15) is 5.10 Å². The van der Waals surface area contributed by atoms with Gasteiger partial charge in [0.05, 0.1) is 20.3 Å². The molecule has 8 heteroatoms. The molecule has 0 radical (unpaired) electrons. The van der Waals surface area contributed by atoms with Gasteiger partial charge < -0.3 is 24.1 Å². The molecule has 1 N–H and O–H groups in total. The van der Waals surface area contributed by atoms with Crippen LogP contribution in [0.1, 0.15) is 49.3 Å². The molecule has 1 unspecified atom stereocenters. The summed E-state index contributed by atoms with van der Waals surface area (Å²) in [6, 6.07) is 11.8. The number of carboxylic acid groups (broad SMARTS) is 1. The second-order valence-corrected chi connectivity index (χ2v) is 9.13. The van der Waals surface area contributed by atoms with E-state index in [0.717, 1.165) is 23.1 Å². The average Bonchev–Trinajstić information content (AvgIpc) is 3.52. The molecule has 1 aliphatic rings. The molecule has 1 atom stereocenters. The van der Waals surface area contributed by atoms with E-state index in [0.29, 0.717) is 48.5 Å². The van der Waals surface area contributed by atoms with Gasteiger partial charge in [0.1, 0.15) is 5.75 Å². The Kier molecular flexibility index (Phi) is 7.80. The number of nitrogens with zero attached hydrogens (tertiary/aromatic N) is 2. The summed E-state index contributed by atoms with van der Waals surface area (Å²) in [5, 5.41) is 13.5. The highest BCUT2D eigenvalue weighted by Crippen LogP contribution is 2.44. The molecule has 4 rings (SSSR count). The Morgan fingerprint density at radius 3 is 2.77 bits per heavy atom. The number of carboxylic acids is 1. The lowest BCUT2D eigenvalue weighted by atomic mass is 9.90. The normalized spacial score (nSPS) is 13.1. The van der Waals surface area contributed by atoms with Gasteiger partial charge in [0.15, 0.2) is 11.5 Å². The highest BCUT2D eigenvalue weighted by molar-refractivity contribution is 5.67. The van der Waals surface area contributed by atoms with Crippen molar-refractivity contribution in [2.75, 3.05) is 20.5 Å². The fourth-order valence-corrected chi connectivity index (χ4v) is 4.31. The number of benzene rings is 2. The van der Waals surface area contributed by atoms with E-state index in [1.807, 2.05) is 47.3 Å². The quantitative estimate of drug-likeness (QED) is 0.394. The van der Waals surface area contributed by atoms with E-state index in [4.69, 9.17) is 18.9 Å². The summed E-state index contributed by atoms with van der Waals surface area (Å²) in [5.74, 6) is 2.35. The zero-order valence-corrected chi connectivity index (χ0v) is 20.4. The molecule has 0 bridgehead atoms. The molecular formula is C27H32N2O6. The third-order valence-electron chi connectivity index (χ3n) is 5.99. The van der Waals surface area contributed by atoms with E-state index in [1.165, 1.54) is 0 Å². The Morgan fingerprint density at radius 2 is 2.06 bits per heavy atom. The van der Waals surface area contributed by atoms with Crippen LogP contribution in [0.25, 0.3) is 0 Å². The average molecular weight is 481 g/mol. The summed E-state index contributed by atoms with van der Waals surface area (Å²) in [4.78, 5) is 11.2. The Hall–Kier alpha value is -3.68. The molecule has 0 saturated heterocycles. The first-order valence-electron chi connectivity index (χ1n) is 11.8. The van der Waals surface area contributed by atoms with E-state index < -0.39 is 5.97 Å². The van der Waals surface area contributed by atoms with E-state index in [2.05, 4.69) is 18.9 Å². The van der Waals surface area contributed by atoms with Crippen molar-refractivity contribution < 1.29 is 28.8 Å². The van der Waals surface area contributed by atoms with Gasteiger partial charge in [-0.1, -0.05) is 26.0 Å². The number of aliphatic carboxylic acids is 1. The number of carbonyl (C=O) groups is 1. The van der Waals surface area contributed by atoms with Crippen molar-refractivity contribution in [3.8, 4) is 23.0 Å². The number of aromatic nitrogens is 2. The van der Waals surface area contributed by atoms with Crippen molar-refractivity contribution in [3.05, 3.63) is 65.5 Å². The van der Waals surface area contributed by atoms with Gasteiger partial charge in [-0.15, -0.1) is 0 Å². The van der Waals surface area contributed by atoms with Crippen LogP contribution in [0.2, 0.25) is 0 Å². The summed E-state index contributed by atoms with van der Waals surface area (Å²) in [6.45, 7) is 5.58. The topological polar surface area (TPSA) is 92.0 Å². The number of fused-ring (bicyclic) bond motifs is 1. The summed E-state index contributed by atoms with van der Waals surface area (Å²) < 4.78 is 25.0. The van der Waals surface area contributed by atoms with Crippen molar-refractivity contribution in [1.82, 2.24) is 9.78 Å². The molecule has 0 aliphatic carbocycles. The number of ether oxygens (including phenoxy) is 4. The second-order valence-electron chi connectivity index (χ2n) is 9.13. The summed E-state index contributed by atoms with van der Waals surface area (Å²) in [7, 11) is 1.62. The lowest BCUT2D eigenvalue weighted by Gasteiger charge is -2.22. The van der Waals surface area contributed by atoms with Gasteiger partial charge in [-0.3, -0.25) is 9.48 Å². The first-order valence-corrected chi connectivity index (χ1v) is 11.8. The molecule has 0 fully saturated rings. The zero-order valence-electron chi connectivity index (χ0n) is 20.4. The summed E-state index contributed by atoms with van der Waals surface area (Å²) in [6.07, 6.45) is 5.00. The minimum Gasteiger partial charge on any atom is -0.493 e. The van der Waals surface area contributed by atoms with Gasteiger partial charge in [0.25, 0.3) is 0 Å². The maximum absolute atomic E-state index is 11.2. The predicted molar refractivity (Wildman–Crippen MR) is 131 cm³/mol. The molecule has 3 aromatic rings. The minimum absolute atomic E-state index is 0.0453. The van der Waals surface area contributed by atoms with Crippen LogP contribution in [0.15, 0.2) is 48.8 Å². The number of aryl methyl sites for hydroxylation is 1. The van der Waals surface area contributed by atoms with Gasteiger partial charge in [-0.25, -0.2) is 0 Å². The summed E-state index contributed by atoms with van der Waals surface area (Å²) in [5.41, 5.74) is 2.97. The molecule has 1 aromatic heterocycles. The number of hydrogen-bond donors (Lipinski definition) is 1. The van der Waals surface area contributed by atoms with E-state index >= 15 is 0 Å². The fraction of sp³-hybridized carbons (Fsp3) is 0.407. The van der Waals surface area contributed by atoms with Crippen LogP contribution in [-0.2, 0) is 17.8 Å². The van der Waals surface area contributed by atoms with Crippen LogP contribution in [0.5, 0.6) is 23.0 Å². The molecule has 2 heterocycles. The minimum atomic E-state index is -0.832. The van der Waals surface area contributed by atoms with Crippen LogP contribution in [-0.4, -0.2) is 41.4 Å². The number of hydrogen-bond acceptors (Lipinski definition) is 6. The van der Waals surface area contributed by atoms with Crippen molar-refractivity contribution in [2.24, 2.45) is 5.92 Å². The van der Waals surface area contributed by atoms with Crippen LogP contribution in [0, 0.1) is 5.92 Å². The third kappa shape index (κ3) is 6.26. The highest BCUT2D eigenvalue weighted by atomic mass is 16.7. The van der Waals surface area contributed by atoms with Crippen molar-refractivity contribution in [1.29, 1.82) is 0 Å². The highest BCUT2D eigenvalue weighted by Gasteiger charge is 2.24. The molecule has 186 valence electrons. The van der Waals surface area contributed by atoms with E-state index in [-0.39, 0.29) is 19.1 Å². The number of methoxy groups -OCH3 is 1. The smallest absolute Gasteiger partial charge is 0.303 e. The maximum atomic E-state index is 11.2. The molecule has 0 spiro atoms. The zero-order chi connectivity index (χ0) is 24.8. The Balaban J connectivity index is 1.59. The first kappa shape index (κ1) is 24.4. The van der Waals surface area contributed by atoms with Crippen molar-refractivity contribution in [2.45, 2.75) is 45.6 Å². The van der Waals surface area contributed by atoms with Gasteiger partial charge in [-0.05, 0) is 59.7 Å². The lowest BCUT2D eigenvalue weighted by molar-refractivity contribution is -0.136. The van der Waals surface area contributed by atoms with Gasteiger partial charge in [0, 0.05) is 24.7 Å². The first-order chi connectivity index (χ1) is 16.9. The Morgan fingerprint density at radius 1 is 1.20 bits per heavy atom. The predicted octanol–water partition coefficient (Wildman–Crippen LogP) is 4.89. The largest absolute Gasteiger partial charge is 0.493 e. The van der Waals surface area contributed by atoms with Crippen LogP contribution in [0.4, 0.5) is 0 Å². The third-order valence-corrected chi connectivity index (χ3v) is 5.99. The molecule has 8 nitrogen and oxygen atoms in total. The maximum Gasteiger partial charge on any atom is 0.303 e. The number of rotatable bonds is 12. The van der Waals surface area contributed by atoms with Gasteiger partial charge >= 0.3 is 5.97 Å². The Labute approximate surface area is 205 Å². The van der Waals surface area contributed by atoms with Crippen LogP contribution >= 0.6 is 0 Å². The lowest BCUT2D eigenvalue weighted by Crippen LogP contribution is -2.14. The molecule has 0 saturated carbocycles. The molecule has 0 amide bonds. The SMILES string of the molecule is COc1cc(C(COc2cc(Cn3cccn3)ccc2CCC(=O)O)CC(C)C)cc2c1OCO2. The monoisotopic (exact) mass is 480 g/mol. The molecule has 1 aliphatic heterocycles. The standard InChI is InChI=1S/C27H32N2O6/c1-18(2)11-22(21-13-24(32-3)27-25(14-21)34-17-35-27)16-33-23-12-19(15-29-10-4-9-28-29)5-6-20(23)7-8-26(30)31/h4-6,9-10,12-14,18,22H,7-8,11,15-17H2,1-3H3,(H,30,31). The van der Waals surface area contributed by atoms with Crippen molar-refractivity contribution in [3.63, 3.8) is 0 Å². The summed E-state index contributed by atoms with van der Waals surface area (Å²) >= 11 is 0. The van der Waals surface area contributed by atoms with Crippen LogP contribution < -0.4 is 18.9 Å². The fourth-order valence-electron chi connectivity index (χ4n) is 4.31.